The van der Waals surface area contributed by atoms with Crippen LogP contribution in [0.1, 0.15) is 32.1 Å². The first kappa shape index (κ1) is 17.4. The quantitative estimate of drug-likeness (QED) is 0.647. The predicted octanol–water partition coefficient (Wildman–Crippen LogP) is 0.797. The maximum absolute atomic E-state index is 12.7. The molecule has 0 bridgehead atoms. The first-order valence-electron chi connectivity index (χ1n) is 8.79. The Bertz CT molecular complexity index is 651. The summed E-state index contributed by atoms with van der Waals surface area (Å²) in [6.07, 6.45) is 5.78. The molecular weight excluding hydrogens is 322 g/mol. The zero-order chi connectivity index (χ0) is 17.8. The van der Waals surface area contributed by atoms with Crippen LogP contribution in [0.5, 0.6) is 5.75 Å². The molecule has 0 unspecified atom stereocenters. The highest BCUT2D eigenvalue weighted by atomic mass is 16.5. The number of carbonyl (C=O) groups is 3. The van der Waals surface area contributed by atoms with Gasteiger partial charge in [0.15, 0.2) is 6.67 Å². The number of anilines is 1. The van der Waals surface area contributed by atoms with Gasteiger partial charge in [-0.15, -0.1) is 0 Å². The average Bonchev–Trinajstić information content (AvgIpc) is 2.80. The lowest BCUT2D eigenvalue weighted by Crippen LogP contribution is -3.13. The van der Waals surface area contributed by atoms with Crippen LogP contribution in [0.3, 0.4) is 0 Å². The Labute approximate surface area is 147 Å². The highest BCUT2D eigenvalue weighted by molar-refractivity contribution is 6.52. The Kier molecular flexibility index (Phi) is 5.33. The van der Waals surface area contributed by atoms with E-state index in [0.29, 0.717) is 11.4 Å². The van der Waals surface area contributed by atoms with Crippen LogP contribution in [0.15, 0.2) is 24.3 Å². The minimum atomic E-state index is -0.790. The number of amides is 4. The molecule has 134 valence electrons. The van der Waals surface area contributed by atoms with Crippen LogP contribution in [0.25, 0.3) is 0 Å². The van der Waals surface area contributed by atoms with Crippen molar-refractivity contribution in [1.82, 2.24) is 4.90 Å². The van der Waals surface area contributed by atoms with Crippen LogP contribution >= 0.6 is 0 Å². The molecule has 2 aliphatic heterocycles. The normalized spacial score (nSPS) is 20.0. The van der Waals surface area contributed by atoms with Crippen molar-refractivity contribution >= 4 is 23.5 Å². The van der Waals surface area contributed by atoms with E-state index >= 15 is 0 Å². The number of urea groups is 1. The molecule has 0 aromatic heterocycles. The van der Waals surface area contributed by atoms with E-state index in [2.05, 4.69) is 0 Å². The predicted molar refractivity (Wildman–Crippen MR) is 91.4 cm³/mol. The maximum atomic E-state index is 12.7. The molecule has 2 aliphatic rings. The molecule has 25 heavy (non-hydrogen) atoms. The molecule has 1 N–H and O–H groups in total. The minimum absolute atomic E-state index is 0.260. The fourth-order valence-corrected chi connectivity index (χ4v) is 3.39. The number of nitrogens with one attached hydrogen (secondary N) is 1. The molecule has 7 heteroatoms. The zero-order valence-electron chi connectivity index (χ0n) is 14.5. The molecule has 0 spiro atoms. The van der Waals surface area contributed by atoms with Crippen molar-refractivity contribution in [3.05, 3.63) is 24.3 Å². The SMILES string of the molecule is COc1ccc(N2C(=O)C(=O)N(C[NH+]3CCCCCCC3)C2=O)cc1. The van der Waals surface area contributed by atoms with Gasteiger partial charge in [-0.25, -0.2) is 14.6 Å². The van der Waals surface area contributed by atoms with Crippen LogP contribution in [-0.2, 0) is 9.59 Å². The molecule has 0 radical (unpaired) electrons. The summed E-state index contributed by atoms with van der Waals surface area (Å²) >= 11 is 0. The lowest BCUT2D eigenvalue weighted by molar-refractivity contribution is -0.908. The number of hydrogen-bond donors (Lipinski definition) is 1. The Morgan fingerprint density at radius 2 is 1.52 bits per heavy atom. The molecular formula is C18H24N3O4+. The zero-order valence-corrected chi connectivity index (χ0v) is 14.5. The van der Waals surface area contributed by atoms with Gasteiger partial charge < -0.3 is 9.64 Å². The van der Waals surface area contributed by atoms with Crippen molar-refractivity contribution < 1.29 is 24.0 Å². The van der Waals surface area contributed by atoms with Gasteiger partial charge >= 0.3 is 17.8 Å². The van der Waals surface area contributed by atoms with E-state index in [4.69, 9.17) is 4.74 Å². The van der Waals surface area contributed by atoms with Crippen molar-refractivity contribution in [3.8, 4) is 5.75 Å². The minimum Gasteiger partial charge on any atom is -0.497 e. The van der Waals surface area contributed by atoms with E-state index in [9.17, 15) is 14.4 Å². The number of ether oxygens (including phenoxy) is 1. The highest BCUT2D eigenvalue weighted by Crippen LogP contribution is 2.24. The molecule has 7 nitrogen and oxygen atoms in total. The summed E-state index contributed by atoms with van der Waals surface area (Å²) in [6, 6.07) is 5.97. The molecule has 1 aromatic carbocycles. The number of hydrogen-bond acceptors (Lipinski definition) is 4. The first-order chi connectivity index (χ1) is 12.1. The molecule has 2 heterocycles. The summed E-state index contributed by atoms with van der Waals surface area (Å²) in [5.41, 5.74) is 0.384. The topological polar surface area (TPSA) is 71.4 Å². The summed E-state index contributed by atoms with van der Waals surface area (Å²) in [7, 11) is 1.54. The second-order valence-corrected chi connectivity index (χ2v) is 6.53. The van der Waals surface area contributed by atoms with E-state index in [1.54, 1.807) is 31.4 Å². The van der Waals surface area contributed by atoms with Gasteiger partial charge in [-0.2, -0.15) is 0 Å². The van der Waals surface area contributed by atoms with E-state index in [0.717, 1.165) is 35.7 Å². The van der Waals surface area contributed by atoms with Crippen molar-refractivity contribution in [1.29, 1.82) is 0 Å². The fourth-order valence-electron chi connectivity index (χ4n) is 3.39. The summed E-state index contributed by atoms with van der Waals surface area (Å²) in [5, 5.41) is 0. The summed E-state index contributed by atoms with van der Waals surface area (Å²) in [5.74, 6) is -0.909. The molecule has 0 atom stereocenters. The fraction of sp³-hybridized carbons (Fsp3) is 0.500. The monoisotopic (exact) mass is 346 g/mol. The van der Waals surface area contributed by atoms with Gasteiger partial charge in [0.2, 0.25) is 0 Å². The smallest absolute Gasteiger partial charge is 0.343 e. The Morgan fingerprint density at radius 1 is 0.920 bits per heavy atom. The third kappa shape index (κ3) is 3.66. The van der Waals surface area contributed by atoms with Crippen LogP contribution < -0.4 is 14.5 Å². The van der Waals surface area contributed by atoms with Gasteiger partial charge in [0.05, 0.1) is 25.9 Å². The van der Waals surface area contributed by atoms with Crippen molar-refractivity contribution in [3.63, 3.8) is 0 Å². The molecule has 2 saturated heterocycles. The Hall–Kier alpha value is -2.41. The lowest BCUT2D eigenvalue weighted by Gasteiger charge is -2.25. The van der Waals surface area contributed by atoms with E-state index in [-0.39, 0.29) is 6.67 Å². The van der Waals surface area contributed by atoms with Crippen molar-refractivity contribution in [2.24, 2.45) is 0 Å². The van der Waals surface area contributed by atoms with Gasteiger partial charge in [0.25, 0.3) is 0 Å². The summed E-state index contributed by atoms with van der Waals surface area (Å²) in [6.45, 7) is 2.11. The largest absolute Gasteiger partial charge is 0.497 e. The number of rotatable bonds is 4. The molecule has 0 saturated carbocycles. The lowest BCUT2D eigenvalue weighted by atomic mass is 10.1. The molecule has 0 aliphatic carbocycles. The van der Waals surface area contributed by atoms with Crippen LogP contribution in [0.4, 0.5) is 10.5 Å². The molecule has 1 aromatic rings. The van der Waals surface area contributed by atoms with Crippen molar-refractivity contribution in [2.45, 2.75) is 32.1 Å². The average molecular weight is 346 g/mol. The second-order valence-electron chi connectivity index (χ2n) is 6.53. The van der Waals surface area contributed by atoms with E-state index < -0.39 is 17.8 Å². The number of quaternary nitrogens is 1. The highest BCUT2D eigenvalue weighted by Gasteiger charge is 2.46. The van der Waals surface area contributed by atoms with Gasteiger partial charge in [-0.05, 0) is 49.9 Å². The molecule has 3 rings (SSSR count). The van der Waals surface area contributed by atoms with Crippen LogP contribution in [0.2, 0.25) is 0 Å². The van der Waals surface area contributed by atoms with Gasteiger partial charge in [-0.3, -0.25) is 9.59 Å². The number of methoxy groups -OCH3 is 1. The number of benzene rings is 1. The standard InChI is InChI=1S/C18H23N3O4/c1-25-15-9-7-14(8-10-15)21-17(23)16(22)20(18(21)24)13-19-11-5-3-2-4-6-12-19/h7-10H,2-6,11-13H2,1H3/p+1. The van der Waals surface area contributed by atoms with Crippen molar-refractivity contribution in [2.75, 3.05) is 31.8 Å². The summed E-state index contributed by atoms with van der Waals surface area (Å²) in [4.78, 5) is 40.5. The van der Waals surface area contributed by atoms with Gasteiger partial charge in [0.1, 0.15) is 5.75 Å². The Morgan fingerprint density at radius 3 is 2.12 bits per heavy atom. The van der Waals surface area contributed by atoms with E-state index in [1.165, 1.54) is 24.2 Å². The second kappa shape index (κ2) is 7.65. The number of imide groups is 2. The summed E-state index contributed by atoms with van der Waals surface area (Å²) < 4.78 is 5.08. The number of nitrogens with zero attached hydrogens (tertiary/aromatic N) is 2. The molecule has 4 amide bonds. The number of carbonyl (C=O) groups excluding carboxylic acids is 3. The third-order valence-corrected chi connectivity index (χ3v) is 4.83. The maximum Gasteiger partial charge on any atom is 0.343 e. The van der Waals surface area contributed by atoms with Crippen LogP contribution in [0, 0.1) is 0 Å². The number of likely N-dealkylation sites (tertiary alicyclic amines) is 1. The first-order valence-corrected chi connectivity index (χ1v) is 8.79. The van der Waals surface area contributed by atoms with Gasteiger partial charge in [0, 0.05) is 0 Å². The van der Waals surface area contributed by atoms with E-state index in [1.807, 2.05) is 0 Å². The molecule has 2 fully saturated rings. The van der Waals surface area contributed by atoms with Crippen LogP contribution in [-0.4, -0.2) is 49.6 Å². The van der Waals surface area contributed by atoms with Gasteiger partial charge in [-0.1, -0.05) is 6.42 Å². The third-order valence-electron chi connectivity index (χ3n) is 4.83. The Balaban J connectivity index is 1.74.